The van der Waals surface area contributed by atoms with Crippen molar-refractivity contribution in [2.24, 2.45) is 5.11 Å². The Morgan fingerprint density at radius 3 is 2.61 bits per heavy atom. The number of pyridine rings is 1. The zero-order chi connectivity index (χ0) is 32.6. The van der Waals surface area contributed by atoms with E-state index in [0.717, 1.165) is 30.9 Å². The Morgan fingerprint density at radius 1 is 1.09 bits per heavy atom. The Bertz CT molecular complexity index is 1340. The van der Waals surface area contributed by atoms with Crippen molar-refractivity contribution in [1.82, 2.24) is 14.8 Å². The van der Waals surface area contributed by atoms with E-state index >= 15 is 0 Å². The van der Waals surface area contributed by atoms with E-state index in [4.69, 9.17) is 29.5 Å². The van der Waals surface area contributed by atoms with Gasteiger partial charge in [0, 0.05) is 48.9 Å². The van der Waals surface area contributed by atoms with Crippen LogP contribution in [0.1, 0.15) is 42.1 Å². The number of rotatable bonds is 21. The summed E-state index contributed by atoms with van der Waals surface area (Å²) in [5.74, 6) is -0.907. The number of carboxylic acids is 1. The quantitative estimate of drug-likeness (QED) is 0.0875. The second-order valence-corrected chi connectivity index (χ2v) is 10.8. The molecule has 14 nitrogen and oxygen atoms in total. The van der Waals surface area contributed by atoms with Crippen LogP contribution < -0.4 is 10.1 Å². The first-order chi connectivity index (χ1) is 22.5. The van der Waals surface area contributed by atoms with E-state index in [0.29, 0.717) is 64.5 Å². The number of azide groups is 1. The highest BCUT2D eigenvalue weighted by Crippen LogP contribution is 2.36. The van der Waals surface area contributed by atoms with Gasteiger partial charge in [-0.05, 0) is 48.9 Å². The molecule has 0 radical (unpaired) electrons. The summed E-state index contributed by atoms with van der Waals surface area (Å²) in [5, 5.41) is 16.4. The summed E-state index contributed by atoms with van der Waals surface area (Å²) >= 11 is 0. The third-order valence-corrected chi connectivity index (χ3v) is 7.66. The van der Waals surface area contributed by atoms with Gasteiger partial charge in [0.25, 0.3) is 0 Å². The van der Waals surface area contributed by atoms with Crippen LogP contribution in [0.15, 0.2) is 35.4 Å². The largest absolute Gasteiger partial charge is 0.488 e. The number of amides is 2. The second kappa shape index (κ2) is 18.7. The van der Waals surface area contributed by atoms with Crippen LogP contribution in [0.2, 0.25) is 0 Å². The molecule has 0 saturated carbocycles. The number of nitrogens with zero attached hydrogens (tertiary/aromatic N) is 6. The number of para-hydroxylation sites is 1. The summed E-state index contributed by atoms with van der Waals surface area (Å²) in [6, 6.07) is 7.28. The van der Waals surface area contributed by atoms with Gasteiger partial charge in [0.2, 0.25) is 0 Å². The number of halogens is 1. The highest BCUT2D eigenvalue weighted by atomic mass is 19.1. The van der Waals surface area contributed by atoms with E-state index in [1.54, 1.807) is 11.0 Å². The zero-order valence-electron chi connectivity index (χ0n) is 25.9. The van der Waals surface area contributed by atoms with Gasteiger partial charge in [0.05, 0.1) is 52.1 Å². The molecule has 0 spiro atoms. The van der Waals surface area contributed by atoms with Gasteiger partial charge >= 0.3 is 12.0 Å². The molecule has 1 atom stereocenters. The number of ether oxygens (including phenoxy) is 4. The molecule has 2 aliphatic rings. The topological polar surface area (TPSA) is 171 Å². The minimum Gasteiger partial charge on any atom is -0.488 e. The van der Waals surface area contributed by atoms with Gasteiger partial charge < -0.3 is 39.2 Å². The minimum atomic E-state index is -1.11. The SMILES string of the molecule is [N-]=[N+]=NCCOCCOCCOCCOc1c(F)cccc1[C@@H](CC(=O)O)N1CCN(CCCc2ccc3c(n2)NCCC3)C1=O. The zero-order valence-corrected chi connectivity index (χ0v) is 25.9. The molecule has 2 aromatic rings. The van der Waals surface area contributed by atoms with Crippen molar-refractivity contribution in [2.45, 2.75) is 38.1 Å². The fourth-order valence-electron chi connectivity index (χ4n) is 5.45. The molecule has 1 aromatic carbocycles. The summed E-state index contributed by atoms with van der Waals surface area (Å²) in [6.45, 7) is 4.25. The van der Waals surface area contributed by atoms with E-state index in [9.17, 15) is 19.1 Å². The molecule has 0 unspecified atom stereocenters. The highest BCUT2D eigenvalue weighted by molar-refractivity contribution is 5.78. The Balaban J connectivity index is 1.25. The number of aromatic nitrogens is 1. The first kappa shape index (κ1) is 34.7. The van der Waals surface area contributed by atoms with E-state index in [1.165, 1.54) is 22.6 Å². The molecular weight excluding hydrogens is 601 g/mol. The number of nitrogens with one attached hydrogen (secondary N) is 1. The van der Waals surface area contributed by atoms with Crippen molar-refractivity contribution >= 4 is 17.8 Å². The lowest BCUT2D eigenvalue weighted by atomic mass is 10.0. The summed E-state index contributed by atoms with van der Waals surface area (Å²) < 4.78 is 36.9. The molecule has 3 heterocycles. The second-order valence-electron chi connectivity index (χ2n) is 10.8. The molecule has 2 aliphatic heterocycles. The van der Waals surface area contributed by atoms with Gasteiger partial charge in [0.1, 0.15) is 12.4 Å². The third kappa shape index (κ3) is 10.4. The normalized spacial score (nSPS) is 14.8. The number of aryl methyl sites for hydroxylation is 2. The van der Waals surface area contributed by atoms with E-state index < -0.39 is 24.2 Å². The number of carbonyl (C=O) groups is 2. The lowest BCUT2D eigenvalue weighted by Gasteiger charge is -2.29. The predicted octanol–water partition coefficient (Wildman–Crippen LogP) is 4.20. The van der Waals surface area contributed by atoms with Crippen molar-refractivity contribution in [1.29, 1.82) is 0 Å². The third-order valence-electron chi connectivity index (χ3n) is 7.66. The predicted molar refractivity (Wildman–Crippen MR) is 166 cm³/mol. The van der Waals surface area contributed by atoms with Crippen LogP contribution in [0.4, 0.5) is 15.0 Å². The number of anilines is 1. The molecule has 1 fully saturated rings. The first-order valence-electron chi connectivity index (χ1n) is 15.6. The molecule has 2 amide bonds. The van der Waals surface area contributed by atoms with Crippen molar-refractivity contribution in [3.63, 3.8) is 0 Å². The van der Waals surface area contributed by atoms with Crippen LogP contribution in [-0.2, 0) is 31.8 Å². The molecule has 0 bridgehead atoms. The Kier molecular flexibility index (Phi) is 14.1. The highest BCUT2D eigenvalue weighted by Gasteiger charge is 2.37. The van der Waals surface area contributed by atoms with Crippen LogP contribution in [0.5, 0.6) is 5.75 Å². The van der Waals surface area contributed by atoms with Gasteiger partial charge in [-0.15, -0.1) is 0 Å². The first-order valence-corrected chi connectivity index (χ1v) is 15.6. The molecule has 1 aromatic heterocycles. The molecular formula is C31H42FN7O7. The van der Waals surface area contributed by atoms with Gasteiger partial charge in [0.15, 0.2) is 11.6 Å². The number of aliphatic carboxylic acids is 1. The Hall–Kier alpha value is -4.17. The van der Waals surface area contributed by atoms with E-state index in [-0.39, 0.29) is 38.1 Å². The van der Waals surface area contributed by atoms with Crippen LogP contribution in [-0.4, -0.2) is 111 Å². The molecule has 4 rings (SSSR count). The van der Waals surface area contributed by atoms with Crippen molar-refractivity contribution < 1.29 is 38.0 Å². The number of hydrogen-bond donors (Lipinski definition) is 2. The van der Waals surface area contributed by atoms with Gasteiger partial charge in [-0.3, -0.25) is 4.79 Å². The maximum Gasteiger partial charge on any atom is 0.320 e. The molecule has 46 heavy (non-hydrogen) atoms. The number of benzene rings is 1. The number of carboxylic acid groups (broad SMARTS) is 1. The summed E-state index contributed by atoms with van der Waals surface area (Å²) in [7, 11) is 0. The lowest BCUT2D eigenvalue weighted by molar-refractivity contribution is -0.138. The number of urea groups is 1. The Labute approximate surface area is 267 Å². The maximum atomic E-state index is 15.0. The number of fused-ring (bicyclic) bond motifs is 1. The molecule has 15 heteroatoms. The van der Waals surface area contributed by atoms with Crippen LogP contribution >= 0.6 is 0 Å². The number of carbonyl (C=O) groups excluding carboxylic acids is 1. The average Bonchev–Trinajstić information content (AvgIpc) is 3.42. The van der Waals surface area contributed by atoms with Crippen molar-refractivity contribution in [3.05, 3.63) is 63.4 Å². The summed E-state index contributed by atoms with van der Waals surface area (Å²) in [4.78, 5) is 35.9. The average molecular weight is 644 g/mol. The van der Waals surface area contributed by atoms with Gasteiger partial charge in [-0.2, -0.15) is 0 Å². The maximum absolute atomic E-state index is 15.0. The van der Waals surface area contributed by atoms with E-state index in [2.05, 4.69) is 21.4 Å². The molecule has 1 saturated heterocycles. The molecule has 250 valence electrons. The Morgan fingerprint density at radius 2 is 1.85 bits per heavy atom. The molecule has 0 aliphatic carbocycles. The van der Waals surface area contributed by atoms with Crippen molar-refractivity contribution in [2.75, 3.05) is 84.3 Å². The lowest BCUT2D eigenvalue weighted by Crippen LogP contribution is -2.36. The standard InChI is InChI=1S/C31H42FN7O7/c32-26-7-1-6-25(29(26)46-21-20-45-19-18-44-17-16-43-15-11-35-37-33)27(22-28(40)41)39-14-13-38(31(39)42)12-3-5-24-9-8-23-4-2-10-34-30(23)36-24/h1,6-9,27H,2-5,10-22H2,(H,34,36)(H,40,41)/t27-/m1/s1. The monoisotopic (exact) mass is 643 g/mol. The van der Waals surface area contributed by atoms with Crippen LogP contribution in [0.25, 0.3) is 10.4 Å². The summed E-state index contributed by atoms with van der Waals surface area (Å²) in [5.41, 5.74) is 10.7. The smallest absolute Gasteiger partial charge is 0.320 e. The van der Waals surface area contributed by atoms with Crippen LogP contribution in [0.3, 0.4) is 0 Å². The fraction of sp³-hybridized carbons (Fsp3) is 0.581. The van der Waals surface area contributed by atoms with Crippen LogP contribution in [0, 0.1) is 5.82 Å². The van der Waals surface area contributed by atoms with E-state index in [1.807, 2.05) is 6.07 Å². The summed E-state index contributed by atoms with van der Waals surface area (Å²) in [6.07, 6.45) is 3.14. The fourth-order valence-corrected chi connectivity index (χ4v) is 5.45. The minimum absolute atomic E-state index is 0.0164. The van der Waals surface area contributed by atoms with Gasteiger partial charge in [-0.25, -0.2) is 14.2 Å². The molecule has 2 N–H and O–H groups in total. The number of hydrogen-bond acceptors (Lipinski definition) is 9. The van der Waals surface area contributed by atoms with Crippen molar-refractivity contribution in [3.8, 4) is 5.75 Å². The van der Waals surface area contributed by atoms with Gasteiger partial charge in [-0.1, -0.05) is 23.3 Å².